The van der Waals surface area contributed by atoms with Gasteiger partial charge in [0.25, 0.3) is 0 Å². The van der Waals surface area contributed by atoms with Crippen molar-refractivity contribution in [1.29, 1.82) is 0 Å². The molecule has 1 atom stereocenters. The molecule has 2 N–H and O–H groups in total. The molecular weight excluding hydrogens is 274 g/mol. The van der Waals surface area contributed by atoms with Crippen molar-refractivity contribution in [1.82, 2.24) is 14.6 Å². The maximum absolute atomic E-state index is 12.4. The summed E-state index contributed by atoms with van der Waals surface area (Å²) in [5.74, 6) is 0.513. The first-order chi connectivity index (χ1) is 9.47. The number of hydrogen-bond acceptors (Lipinski definition) is 3. The predicted molar refractivity (Wildman–Crippen MR) is 80.0 cm³/mol. The van der Waals surface area contributed by atoms with Crippen LogP contribution in [0.3, 0.4) is 0 Å². The predicted octanol–water partition coefficient (Wildman–Crippen LogP) is 1.69. The lowest BCUT2D eigenvalue weighted by Crippen LogP contribution is -2.33. The van der Waals surface area contributed by atoms with Crippen molar-refractivity contribution in [3.63, 3.8) is 0 Å². The van der Waals surface area contributed by atoms with Crippen molar-refractivity contribution < 1.29 is 8.42 Å². The summed E-state index contributed by atoms with van der Waals surface area (Å²) in [5.41, 5.74) is 1.01. The maximum atomic E-state index is 12.4. The molecule has 1 aliphatic carbocycles. The van der Waals surface area contributed by atoms with Crippen LogP contribution in [0.15, 0.2) is 17.2 Å². The van der Waals surface area contributed by atoms with Crippen LogP contribution < -0.4 is 10.0 Å². The van der Waals surface area contributed by atoms with Gasteiger partial charge in [-0.2, -0.15) is 0 Å². The van der Waals surface area contributed by atoms with Gasteiger partial charge in [-0.3, -0.25) is 0 Å². The zero-order valence-corrected chi connectivity index (χ0v) is 13.3. The minimum Gasteiger partial charge on any atom is -0.349 e. The Hall–Kier alpha value is -0.850. The van der Waals surface area contributed by atoms with Crippen molar-refractivity contribution in [2.45, 2.75) is 57.6 Å². The van der Waals surface area contributed by atoms with Gasteiger partial charge in [-0.25, -0.2) is 13.1 Å². The van der Waals surface area contributed by atoms with E-state index in [-0.39, 0.29) is 6.04 Å². The molecule has 0 spiro atoms. The summed E-state index contributed by atoms with van der Waals surface area (Å²) in [6, 6.07) is 1.80. The van der Waals surface area contributed by atoms with Gasteiger partial charge in [0.1, 0.15) is 0 Å². The summed E-state index contributed by atoms with van der Waals surface area (Å²) in [6.07, 6.45) is 3.99. The van der Waals surface area contributed by atoms with Crippen molar-refractivity contribution in [3.8, 4) is 0 Å². The molecule has 0 amide bonds. The molecule has 0 radical (unpaired) electrons. The fourth-order valence-electron chi connectivity index (χ4n) is 2.37. The van der Waals surface area contributed by atoms with Crippen molar-refractivity contribution in [3.05, 3.63) is 18.0 Å². The van der Waals surface area contributed by atoms with Crippen molar-refractivity contribution >= 4 is 10.0 Å². The second-order valence-corrected chi connectivity index (χ2v) is 7.19. The van der Waals surface area contributed by atoms with Crippen molar-refractivity contribution in [2.75, 3.05) is 6.54 Å². The SMILES string of the molecule is CCNCc1cc(S(=O)(=O)NC(C)C2CC2)cn1CC. The molecule has 1 aromatic heterocycles. The smallest absolute Gasteiger partial charge is 0.242 e. The summed E-state index contributed by atoms with van der Waals surface area (Å²) in [6.45, 7) is 8.34. The highest BCUT2D eigenvalue weighted by Crippen LogP contribution is 2.33. The van der Waals surface area contributed by atoms with E-state index in [9.17, 15) is 8.42 Å². The summed E-state index contributed by atoms with van der Waals surface area (Å²) in [4.78, 5) is 0.375. The molecule has 5 nitrogen and oxygen atoms in total. The molecule has 0 bridgehead atoms. The van der Waals surface area contributed by atoms with Crippen LogP contribution in [0.4, 0.5) is 0 Å². The first-order valence-electron chi connectivity index (χ1n) is 7.40. The zero-order chi connectivity index (χ0) is 14.8. The highest BCUT2D eigenvalue weighted by molar-refractivity contribution is 7.89. The number of aromatic nitrogens is 1. The minimum atomic E-state index is -3.40. The Kier molecular flexibility index (Phi) is 4.88. The third-order valence-electron chi connectivity index (χ3n) is 3.84. The van der Waals surface area contributed by atoms with E-state index in [0.717, 1.165) is 31.6 Å². The van der Waals surface area contributed by atoms with Crippen LogP contribution in [0.5, 0.6) is 0 Å². The van der Waals surface area contributed by atoms with Crippen LogP contribution in [0, 0.1) is 5.92 Å². The molecule has 1 aliphatic rings. The quantitative estimate of drug-likeness (QED) is 0.768. The molecule has 114 valence electrons. The van der Waals surface area contributed by atoms with E-state index in [1.807, 2.05) is 25.3 Å². The van der Waals surface area contributed by atoms with E-state index in [1.165, 1.54) is 0 Å². The molecule has 1 heterocycles. The Morgan fingerprint density at radius 3 is 2.65 bits per heavy atom. The van der Waals surface area contributed by atoms with Crippen molar-refractivity contribution in [2.24, 2.45) is 5.92 Å². The number of hydrogen-bond donors (Lipinski definition) is 2. The Morgan fingerprint density at radius 2 is 2.10 bits per heavy atom. The Labute approximate surface area is 121 Å². The van der Waals surface area contributed by atoms with E-state index in [2.05, 4.69) is 10.0 Å². The van der Waals surface area contributed by atoms with Gasteiger partial charge in [-0.1, -0.05) is 6.92 Å². The van der Waals surface area contributed by atoms with E-state index in [1.54, 1.807) is 12.3 Å². The average Bonchev–Trinajstić information content (AvgIpc) is 3.16. The molecule has 2 rings (SSSR count). The van der Waals surface area contributed by atoms with Crippen LogP contribution in [0.1, 0.15) is 39.3 Å². The maximum Gasteiger partial charge on any atom is 0.242 e. The fraction of sp³-hybridized carbons (Fsp3) is 0.714. The van der Waals surface area contributed by atoms with Crippen LogP contribution in [0.2, 0.25) is 0 Å². The molecule has 0 saturated heterocycles. The van der Waals surface area contributed by atoms with Gasteiger partial charge in [-0.15, -0.1) is 0 Å². The average molecular weight is 299 g/mol. The normalized spacial score (nSPS) is 17.4. The first kappa shape index (κ1) is 15.5. The minimum absolute atomic E-state index is 0.0298. The van der Waals surface area contributed by atoms with E-state index >= 15 is 0 Å². The molecule has 1 unspecified atom stereocenters. The largest absolute Gasteiger partial charge is 0.349 e. The zero-order valence-electron chi connectivity index (χ0n) is 12.5. The lowest BCUT2D eigenvalue weighted by atomic mass is 10.2. The van der Waals surface area contributed by atoms with Gasteiger partial charge < -0.3 is 9.88 Å². The molecule has 1 aromatic rings. The topological polar surface area (TPSA) is 63.1 Å². The Bertz CT molecular complexity index is 547. The molecule has 1 saturated carbocycles. The monoisotopic (exact) mass is 299 g/mol. The summed E-state index contributed by atoms with van der Waals surface area (Å²) >= 11 is 0. The number of aryl methyl sites for hydroxylation is 1. The molecule has 20 heavy (non-hydrogen) atoms. The third-order valence-corrected chi connectivity index (χ3v) is 5.36. The molecule has 6 heteroatoms. The molecular formula is C14H25N3O2S. The number of sulfonamides is 1. The van der Waals surface area contributed by atoms with Crippen LogP contribution in [-0.2, 0) is 23.1 Å². The van der Waals surface area contributed by atoms with Gasteiger partial charge in [0.2, 0.25) is 10.0 Å². The Balaban J connectivity index is 2.15. The number of nitrogens with zero attached hydrogens (tertiary/aromatic N) is 1. The summed E-state index contributed by atoms with van der Waals surface area (Å²) in [5, 5.41) is 3.24. The highest BCUT2D eigenvalue weighted by Gasteiger charge is 2.31. The first-order valence-corrected chi connectivity index (χ1v) is 8.88. The van der Waals surface area contributed by atoms with Gasteiger partial charge >= 0.3 is 0 Å². The highest BCUT2D eigenvalue weighted by atomic mass is 32.2. The number of rotatable bonds is 8. The Morgan fingerprint density at radius 1 is 1.40 bits per heavy atom. The number of nitrogens with one attached hydrogen (secondary N) is 2. The van der Waals surface area contributed by atoms with E-state index < -0.39 is 10.0 Å². The van der Waals surface area contributed by atoms with Gasteiger partial charge in [0.05, 0.1) is 4.90 Å². The summed E-state index contributed by atoms with van der Waals surface area (Å²) in [7, 11) is -3.40. The third kappa shape index (κ3) is 3.62. The molecule has 0 aromatic carbocycles. The van der Waals surface area contributed by atoms with Gasteiger partial charge in [0.15, 0.2) is 0 Å². The molecule has 1 fully saturated rings. The van der Waals surface area contributed by atoms with Crippen LogP contribution in [-0.4, -0.2) is 25.6 Å². The van der Waals surface area contributed by atoms with E-state index in [4.69, 9.17) is 0 Å². The van der Waals surface area contributed by atoms with Gasteiger partial charge in [0, 0.05) is 31.0 Å². The lowest BCUT2D eigenvalue weighted by Gasteiger charge is -2.11. The standard InChI is InChI=1S/C14H25N3O2S/c1-4-15-9-13-8-14(10-17(13)5-2)20(18,19)16-11(3)12-6-7-12/h8,10-12,15-16H,4-7,9H2,1-3H3. The fourth-order valence-corrected chi connectivity index (χ4v) is 3.75. The van der Waals surface area contributed by atoms with Crippen LogP contribution >= 0.6 is 0 Å². The second kappa shape index (κ2) is 6.28. The van der Waals surface area contributed by atoms with E-state index in [0.29, 0.717) is 17.4 Å². The van der Waals surface area contributed by atoms with Gasteiger partial charge in [-0.05, 0) is 45.2 Å². The lowest BCUT2D eigenvalue weighted by molar-refractivity contribution is 0.538. The molecule has 0 aliphatic heterocycles. The summed E-state index contributed by atoms with van der Waals surface area (Å²) < 4.78 is 29.5. The van der Waals surface area contributed by atoms with Crippen LogP contribution in [0.25, 0.3) is 0 Å². The second-order valence-electron chi connectivity index (χ2n) is 5.48.